The van der Waals surface area contributed by atoms with Gasteiger partial charge in [0.25, 0.3) is 5.91 Å². The summed E-state index contributed by atoms with van der Waals surface area (Å²) < 4.78 is 13.0. The summed E-state index contributed by atoms with van der Waals surface area (Å²) in [6, 6.07) is 14.5. The zero-order chi connectivity index (χ0) is 16.7. The van der Waals surface area contributed by atoms with Crippen LogP contribution in [0.15, 0.2) is 59.8 Å². The first-order valence-electron chi connectivity index (χ1n) is 7.52. The van der Waals surface area contributed by atoms with Gasteiger partial charge >= 0.3 is 0 Å². The van der Waals surface area contributed by atoms with Gasteiger partial charge in [-0.15, -0.1) is 0 Å². The summed E-state index contributed by atoms with van der Waals surface area (Å²) in [5.74, 6) is -1.09. The van der Waals surface area contributed by atoms with Gasteiger partial charge in [0, 0.05) is 6.42 Å². The molecular weight excluding hydrogens is 311 g/mol. The van der Waals surface area contributed by atoms with Gasteiger partial charge in [-0.3, -0.25) is 9.59 Å². The van der Waals surface area contributed by atoms with Crippen molar-refractivity contribution < 1.29 is 18.8 Å². The summed E-state index contributed by atoms with van der Waals surface area (Å²) in [7, 11) is 0. The van der Waals surface area contributed by atoms with E-state index in [0.29, 0.717) is 17.0 Å². The number of oxime groups is 1. The molecule has 6 heteroatoms. The smallest absolute Gasteiger partial charge is 0.281 e. The number of benzene rings is 2. The van der Waals surface area contributed by atoms with Gasteiger partial charge in [-0.2, -0.15) is 0 Å². The van der Waals surface area contributed by atoms with E-state index in [9.17, 15) is 14.0 Å². The van der Waals surface area contributed by atoms with E-state index >= 15 is 0 Å². The average Bonchev–Trinajstić information content (AvgIpc) is 3.11. The van der Waals surface area contributed by atoms with Crippen molar-refractivity contribution in [3.05, 3.63) is 66.0 Å². The number of rotatable bonds is 2. The number of carbonyl (C=O) groups is 2. The average molecular weight is 324 g/mol. The minimum atomic E-state index is -1.29. The second-order valence-electron chi connectivity index (χ2n) is 5.85. The van der Waals surface area contributed by atoms with E-state index in [1.54, 1.807) is 36.4 Å². The van der Waals surface area contributed by atoms with Gasteiger partial charge in [0.1, 0.15) is 5.82 Å². The van der Waals surface area contributed by atoms with Crippen LogP contribution in [0.3, 0.4) is 0 Å². The predicted molar refractivity (Wildman–Crippen MR) is 84.9 cm³/mol. The monoisotopic (exact) mass is 324 g/mol. The molecule has 1 spiro atoms. The van der Waals surface area contributed by atoms with Gasteiger partial charge in [-0.25, -0.2) is 9.29 Å². The molecule has 0 bridgehead atoms. The summed E-state index contributed by atoms with van der Waals surface area (Å²) in [5.41, 5.74) is 0.428. The van der Waals surface area contributed by atoms with E-state index in [2.05, 4.69) is 5.16 Å². The molecule has 2 aliphatic rings. The second kappa shape index (κ2) is 5.26. The lowest BCUT2D eigenvalue weighted by Crippen LogP contribution is -2.40. The first kappa shape index (κ1) is 14.6. The van der Waals surface area contributed by atoms with E-state index in [4.69, 9.17) is 4.84 Å². The lowest BCUT2D eigenvalue weighted by Gasteiger charge is -2.19. The number of nitrogens with zero attached hydrogens (tertiary/aromatic N) is 2. The molecule has 4 rings (SSSR count). The van der Waals surface area contributed by atoms with Crippen LogP contribution in [0, 0.1) is 5.82 Å². The Hall–Kier alpha value is -3.02. The predicted octanol–water partition coefficient (Wildman–Crippen LogP) is 2.65. The first-order valence-corrected chi connectivity index (χ1v) is 7.52. The van der Waals surface area contributed by atoms with Crippen LogP contribution in [0.5, 0.6) is 0 Å². The Morgan fingerprint density at radius 3 is 2.42 bits per heavy atom. The number of hydrogen-bond donors (Lipinski definition) is 0. The fraction of sp³-hybridized carbons (Fsp3) is 0.167. The number of amides is 2. The zero-order valence-electron chi connectivity index (χ0n) is 12.6. The number of imide groups is 1. The van der Waals surface area contributed by atoms with Crippen LogP contribution in [-0.2, 0) is 14.4 Å². The molecule has 2 amide bonds. The maximum Gasteiger partial charge on any atom is 0.281 e. The summed E-state index contributed by atoms with van der Waals surface area (Å²) in [6.07, 6.45) is 0.126. The largest absolute Gasteiger partial charge is 0.378 e. The van der Waals surface area contributed by atoms with Crippen molar-refractivity contribution in [1.29, 1.82) is 0 Å². The van der Waals surface area contributed by atoms with Crippen LogP contribution < -0.4 is 4.90 Å². The Morgan fingerprint density at radius 2 is 1.71 bits per heavy atom. The topological polar surface area (TPSA) is 59.0 Å². The van der Waals surface area contributed by atoms with Crippen molar-refractivity contribution in [3.63, 3.8) is 0 Å². The molecule has 2 heterocycles. The molecule has 1 saturated heterocycles. The van der Waals surface area contributed by atoms with E-state index in [0.717, 1.165) is 4.90 Å². The fourth-order valence-electron chi connectivity index (χ4n) is 3.04. The van der Waals surface area contributed by atoms with Crippen molar-refractivity contribution in [2.24, 2.45) is 5.16 Å². The number of hydrogen-bond acceptors (Lipinski definition) is 4. The molecule has 1 fully saturated rings. The summed E-state index contributed by atoms with van der Waals surface area (Å²) >= 11 is 0. The standard InChI is InChI=1S/C18H13FN2O3/c19-13-8-6-12(7-9-13)15-10-18(24-20-15)11-16(22)21(17(18)23)14-4-2-1-3-5-14/h1-9H,10-11H2. The lowest BCUT2D eigenvalue weighted by atomic mass is 9.92. The van der Waals surface area contributed by atoms with Crippen LogP contribution in [0.1, 0.15) is 18.4 Å². The molecule has 0 radical (unpaired) electrons. The second-order valence-corrected chi connectivity index (χ2v) is 5.85. The van der Waals surface area contributed by atoms with Gasteiger partial charge in [0.05, 0.1) is 17.8 Å². The minimum Gasteiger partial charge on any atom is -0.378 e. The van der Waals surface area contributed by atoms with E-state index in [-0.39, 0.29) is 24.6 Å². The molecule has 0 aromatic heterocycles. The SMILES string of the molecule is O=C1CC2(CC(c3ccc(F)cc3)=NO2)C(=O)N1c1ccccc1. The molecule has 1 unspecified atom stereocenters. The quantitative estimate of drug-likeness (QED) is 0.798. The Labute approximate surface area is 137 Å². The summed E-state index contributed by atoms with van der Waals surface area (Å²) in [6.45, 7) is 0. The van der Waals surface area contributed by atoms with Gasteiger partial charge in [-0.1, -0.05) is 35.5 Å². The first-order chi connectivity index (χ1) is 11.6. The molecule has 0 saturated carbocycles. The van der Waals surface area contributed by atoms with Crippen molar-refractivity contribution in [2.75, 3.05) is 4.90 Å². The number of halogens is 1. The third-order valence-electron chi connectivity index (χ3n) is 4.25. The molecular formula is C18H13FN2O3. The summed E-state index contributed by atoms with van der Waals surface area (Å²) in [5, 5.41) is 3.98. The maximum absolute atomic E-state index is 13.0. The van der Waals surface area contributed by atoms with Gasteiger partial charge in [0.2, 0.25) is 11.5 Å². The minimum absolute atomic E-state index is 0.0606. The van der Waals surface area contributed by atoms with Crippen molar-refractivity contribution >= 4 is 23.2 Å². The molecule has 0 aliphatic carbocycles. The normalized spacial score (nSPS) is 22.9. The Balaban J connectivity index is 1.61. The third kappa shape index (κ3) is 2.19. The zero-order valence-corrected chi connectivity index (χ0v) is 12.6. The van der Waals surface area contributed by atoms with E-state index in [1.807, 2.05) is 6.07 Å². The third-order valence-corrected chi connectivity index (χ3v) is 4.25. The van der Waals surface area contributed by atoms with Crippen molar-refractivity contribution in [1.82, 2.24) is 0 Å². The number of anilines is 1. The van der Waals surface area contributed by atoms with Crippen LogP contribution in [0.2, 0.25) is 0 Å². The van der Waals surface area contributed by atoms with Crippen LogP contribution in [0.4, 0.5) is 10.1 Å². The van der Waals surface area contributed by atoms with Crippen molar-refractivity contribution in [2.45, 2.75) is 18.4 Å². The van der Waals surface area contributed by atoms with E-state index < -0.39 is 11.5 Å². The van der Waals surface area contributed by atoms with Crippen LogP contribution in [-0.4, -0.2) is 23.1 Å². The fourth-order valence-corrected chi connectivity index (χ4v) is 3.04. The van der Waals surface area contributed by atoms with Crippen LogP contribution >= 0.6 is 0 Å². The lowest BCUT2D eigenvalue weighted by molar-refractivity contribution is -0.136. The molecule has 24 heavy (non-hydrogen) atoms. The van der Waals surface area contributed by atoms with Gasteiger partial charge < -0.3 is 4.84 Å². The molecule has 0 N–H and O–H groups in total. The highest BCUT2D eigenvalue weighted by Crippen LogP contribution is 2.39. The highest BCUT2D eigenvalue weighted by molar-refractivity contribution is 6.25. The Bertz CT molecular complexity index is 848. The molecule has 2 aromatic carbocycles. The van der Waals surface area contributed by atoms with Crippen molar-refractivity contribution in [3.8, 4) is 0 Å². The highest BCUT2D eigenvalue weighted by atomic mass is 19.1. The highest BCUT2D eigenvalue weighted by Gasteiger charge is 2.57. The van der Waals surface area contributed by atoms with Crippen LogP contribution in [0.25, 0.3) is 0 Å². The van der Waals surface area contributed by atoms with Gasteiger partial charge in [-0.05, 0) is 29.8 Å². The molecule has 1 atom stereocenters. The molecule has 2 aliphatic heterocycles. The molecule has 2 aromatic rings. The summed E-state index contributed by atoms with van der Waals surface area (Å²) in [4.78, 5) is 31.7. The van der Waals surface area contributed by atoms with E-state index in [1.165, 1.54) is 12.1 Å². The maximum atomic E-state index is 13.0. The molecule has 5 nitrogen and oxygen atoms in total. The van der Waals surface area contributed by atoms with Gasteiger partial charge in [0.15, 0.2) is 0 Å². The Kier molecular flexibility index (Phi) is 3.19. The number of para-hydroxylation sites is 1. The number of carbonyl (C=O) groups excluding carboxylic acids is 2. The Morgan fingerprint density at radius 1 is 1.00 bits per heavy atom. The molecule has 120 valence electrons.